The second-order valence-corrected chi connectivity index (χ2v) is 4.74. The van der Waals surface area contributed by atoms with Crippen molar-refractivity contribution < 1.29 is 9.18 Å². The van der Waals surface area contributed by atoms with Crippen LogP contribution in [0.5, 0.6) is 0 Å². The van der Waals surface area contributed by atoms with E-state index in [1.807, 2.05) is 0 Å². The molecule has 0 atom stereocenters. The Kier molecular flexibility index (Phi) is 3.08. The smallest absolute Gasteiger partial charge is 0.178 e. The Morgan fingerprint density at radius 1 is 1.47 bits per heavy atom. The largest absolute Gasteiger partial charge is 0.298 e. The van der Waals surface area contributed by atoms with Gasteiger partial charge in [0.05, 0.1) is 4.90 Å². The molecule has 0 radical (unpaired) electrons. The zero-order chi connectivity index (χ0) is 10.7. The summed E-state index contributed by atoms with van der Waals surface area (Å²) < 4.78 is 14.1. The molecule has 0 unspecified atom stereocenters. The SMILES string of the molecule is O=Cc1ccc(Sc2nncs2)c(F)c1. The highest BCUT2D eigenvalue weighted by molar-refractivity contribution is 8.01. The third-order valence-corrected chi connectivity index (χ3v) is 3.46. The molecule has 0 fully saturated rings. The third-order valence-electron chi connectivity index (χ3n) is 1.63. The second kappa shape index (κ2) is 4.50. The van der Waals surface area contributed by atoms with Crippen molar-refractivity contribution >= 4 is 29.4 Å². The fraction of sp³-hybridized carbons (Fsp3) is 0. The van der Waals surface area contributed by atoms with E-state index in [0.717, 1.165) is 0 Å². The molecule has 1 aromatic heterocycles. The lowest BCUT2D eigenvalue weighted by Crippen LogP contribution is -1.85. The Bertz CT molecular complexity index is 473. The average molecular weight is 240 g/mol. The van der Waals surface area contributed by atoms with Gasteiger partial charge in [-0.2, -0.15) is 0 Å². The zero-order valence-corrected chi connectivity index (χ0v) is 9.02. The fourth-order valence-electron chi connectivity index (χ4n) is 0.975. The van der Waals surface area contributed by atoms with Crippen molar-refractivity contribution in [3.8, 4) is 0 Å². The van der Waals surface area contributed by atoms with Gasteiger partial charge < -0.3 is 0 Å². The molecule has 15 heavy (non-hydrogen) atoms. The number of halogens is 1. The Balaban J connectivity index is 2.26. The van der Waals surface area contributed by atoms with Crippen molar-refractivity contribution in [3.63, 3.8) is 0 Å². The quantitative estimate of drug-likeness (QED) is 0.773. The van der Waals surface area contributed by atoms with Gasteiger partial charge in [0.2, 0.25) is 0 Å². The lowest BCUT2D eigenvalue weighted by molar-refractivity contribution is 0.112. The van der Waals surface area contributed by atoms with Crippen LogP contribution < -0.4 is 0 Å². The summed E-state index contributed by atoms with van der Waals surface area (Å²) in [5.41, 5.74) is 1.91. The van der Waals surface area contributed by atoms with Crippen molar-refractivity contribution in [2.45, 2.75) is 9.24 Å². The van der Waals surface area contributed by atoms with Crippen molar-refractivity contribution in [1.29, 1.82) is 0 Å². The van der Waals surface area contributed by atoms with Gasteiger partial charge in [-0.1, -0.05) is 29.2 Å². The Hall–Kier alpha value is -1.27. The molecule has 0 aliphatic heterocycles. The van der Waals surface area contributed by atoms with Gasteiger partial charge in [0.15, 0.2) is 4.34 Å². The van der Waals surface area contributed by atoms with Crippen LogP contribution in [0.4, 0.5) is 4.39 Å². The van der Waals surface area contributed by atoms with Crippen LogP contribution in [-0.2, 0) is 0 Å². The van der Waals surface area contributed by atoms with Gasteiger partial charge in [0.25, 0.3) is 0 Å². The Morgan fingerprint density at radius 3 is 2.93 bits per heavy atom. The molecule has 76 valence electrons. The maximum absolute atomic E-state index is 13.4. The molecule has 0 bridgehead atoms. The molecule has 0 amide bonds. The molecular formula is C9H5FN2OS2. The molecule has 6 heteroatoms. The van der Waals surface area contributed by atoms with Gasteiger partial charge in [-0.15, -0.1) is 10.2 Å². The minimum absolute atomic E-state index is 0.328. The summed E-state index contributed by atoms with van der Waals surface area (Å²) in [7, 11) is 0. The van der Waals surface area contributed by atoms with Gasteiger partial charge in [0, 0.05) is 5.56 Å². The summed E-state index contributed by atoms with van der Waals surface area (Å²) >= 11 is 2.53. The number of hydrogen-bond donors (Lipinski definition) is 0. The molecule has 1 aromatic carbocycles. The maximum atomic E-state index is 13.4. The van der Waals surface area contributed by atoms with Crippen molar-refractivity contribution in [2.75, 3.05) is 0 Å². The van der Waals surface area contributed by atoms with E-state index >= 15 is 0 Å². The van der Waals surface area contributed by atoms with Crippen LogP contribution in [-0.4, -0.2) is 16.5 Å². The first-order chi connectivity index (χ1) is 7.29. The van der Waals surface area contributed by atoms with Gasteiger partial charge in [-0.25, -0.2) is 4.39 Å². The highest BCUT2D eigenvalue weighted by atomic mass is 32.2. The standard InChI is InChI=1S/C9H5FN2OS2/c10-7-3-6(4-13)1-2-8(7)15-9-12-11-5-14-9/h1-5H. The number of rotatable bonds is 3. The van der Waals surface area contributed by atoms with Crippen LogP contribution in [0.1, 0.15) is 10.4 Å². The summed E-state index contributed by atoms with van der Waals surface area (Å²) in [5.74, 6) is -0.417. The van der Waals surface area contributed by atoms with E-state index < -0.39 is 5.82 Å². The lowest BCUT2D eigenvalue weighted by atomic mass is 10.2. The molecule has 0 N–H and O–H groups in total. The molecular weight excluding hydrogens is 235 g/mol. The van der Waals surface area contributed by atoms with Gasteiger partial charge in [-0.3, -0.25) is 4.79 Å². The first-order valence-electron chi connectivity index (χ1n) is 3.98. The lowest BCUT2D eigenvalue weighted by Gasteiger charge is -1.99. The topological polar surface area (TPSA) is 42.9 Å². The molecule has 0 saturated heterocycles. The number of hydrogen-bond acceptors (Lipinski definition) is 5. The molecule has 3 nitrogen and oxygen atoms in total. The van der Waals surface area contributed by atoms with E-state index in [4.69, 9.17) is 0 Å². The first-order valence-corrected chi connectivity index (χ1v) is 5.68. The maximum Gasteiger partial charge on any atom is 0.178 e. The number of aldehydes is 1. The van der Waals surface area contributed by atoms with E-state index in [-0.39, 0.29) is 0 Å². The van der Waals surface area contributed by atoms with E-state index in [1.165, 1.54) is 29.2 Å². The molecule has 0 aliphatic carbocycles. The number of carbonyl (C=O) groups excluding carboxylic acids is 1. The monoisotopic (exact) mass is 240 g/mol. The van der Waals surface area contributed by atoms with Gasteiger partial charge in [0.1, 0.15) is 17.6 Å². The fourth-order valence-corrected chi connectivity index (χ4v) is 2.41. The molecule has 2 rings (SSSR count). The van der Waals surface area contributed by atoms with Crippen molar-refractivity contribution in [3.05, 3.63) is 35.1 Å². The van der Waals surface area contributed by atoms with E-state index in [1.54, 1.807) is 17.6 Å². The summed E-state index contributed by atoms with van der Waals surface area (Å²) in [6.45, 7) is 0. The number of nitrogens with zero attached hydrogens (tertiary/aromatic N) is 2. The van der Waals surface area contributed by atoms with Crippen LogP contribution in [0, 0.1) is 5.82 Å². The molecule has 0 aliphatic rings. The van der Waals surface area contributed by atoms with Gasteiger partial charge in [-0.05, 0) is 12.1 Å². The normalized spacial score (nSPS) is 10.2. The van der Waals surface area contributed by atoms with Crippen LogP contribution >= 0.6 is 23.1 Å². The molecule has 2 aromatic rings. The zero-order valence-electron chi connectivity index (χ0n) is 7.38. The summed E-state index contributed by atoms with van der Waals surface area (Å²) in [6, 6.07) is 4.33. The van der Waals surface area contributed by atoms with Crippen LogP contribution in [0.3, 0.4) is 0 Å². The summed E-state index contributed by atoms with van der Waals surface area (Å²) in [4.78, 5) is 10.8. The number of carbonyl (C=O) groups is 1. The highest BCUT2D eigenvalue weighted by Crippen LogP contribution is 2.30. The predicted octanol–water partition coefficient (Wildman–Crippen LogP) is 2.64. The van der Waals surface area contributed by atoms with E-state index in [9.17, 15) is 9.18 Å². The van der Waals surface area contributed by atoms with E-state index in [0.29, 0.717) is 21.1 Å². The molecule has 0 saturated carbocycles. The molecule has 1 heterocycles. The van der Waals surface area contributed by atoms with Crippen LogP contribution in [0.2, 0.25) is 0 Å². The second-order valence-electron chi connectivity index (χ2n) is 2.61. The third kappa shape index (κ3) is 2.40. The first kappa shape index (κ1) is 10.3. The number of aromatic nitrogens is 2. The minimum atomic E-state index is -0.417. The summed E-state index contributed by atoms with van der Waals surface area (Å²) in [5, 5.41) is 7.44. The minimum Gasteiger partial charge on any atom is -0.298 e. The number of benzene rings is 1. The summed E-state index contributed by atoms with van der Waals surface area (Å²) in [6.07, 6.45) is 0.614. The van der Waals surface area contributed by atoms with Crippen LogP contribution in [0.25, 0.3) is 0 Å². The van der Waals surface area contributed by atoms with Crippen molar-refractivity contribution in [1.82, 2.24) is 10.2 Å². The van der Waals surface area contributed by atoms with Crippen LogP contribution in [0.15, 0.2) is 32.9 Å². The highest BCUT2D eigenvalue weighted by Gasteiger charge is 2.07. The predicted molar refractivity (Wildman–Crippen MR) is 55.8 cm³/mol. The Morgan fingerprint density at radius 2 is 2.33 bits per heavy atom. The van der Waals surface area contributed by atoms with Crippen molar-refractivity contribution in [2.24, 2.45) is 0 Å². The Labute approximate surface area is 93.4 Å². The average Bonchev–Trinajstić information content (AvgIpc) is 2.74. The van der Waals surface area contributed by atoms with E-state index in [2.05, 4.69) is 10.2 Å². The van der Waals surface area contributed by atoms with Gasteiger partial charge >= 0.3 is 0 Å². The molecule has 0 spiro atoms.